The van der Waals surface area contributed by atoms with Crippen LogP contribution in [0.1, 0.15) is 26.2 Å². The monoisotopic (exact) mass is 186 g/mol. The molecule has 0 saturated carbocycles. The molecule has 0 amide bonds. The van der Waals surface area contributed by atoms with Crippen molar-refractivity contribution >= 4 is 0 Å². The van der Waals surface area contributed by atoms with Gasteiger partial charge in [0.25, 0.3) is 0 Å². The summed E-state index contributed by atoms with van der Waals surface area (Å²) in [7, 11) is 0. The zero-order chi connectivity index (χ0) is 9.68. The molecule has 0 unspecified atom stereocenters. The zero-order valence-electron chi connectivity index (χ0n) is 8.58. The van der Waals surface area contributed by atoms with Gasteiger partial charge in [-0.1, -0.05) is 13.3 Å². The lowest BCUT2D eigenvalue weighted by atomic mass is 9.94. The van der Waals surface area contributed by atoms with Gasteiger partial charge in [-0.05, 0) is 38.4 Å². The number of rotatable bonds is 4. The van der Waals surface area contributed by atoms with E-state index >= 15 is 0 Å². The Hall–Kier alpha value is -0.120. The van der Waals surface area contributed by atoms with Gasteiger partial charge in [0.15, 0.2) is 0 Å². The van der Waals surface area contributed by atoms with Crippen molar-refractivity contribution in [2.75, 3.05) is 26.2 Å². The maximum atomic E-state index is 9.72. The molecule has 0 aromatic rings. The fourth-order valence-electron chi connectivity index (χ4n) is 1.91. The van der Waals surface area contributed by atoms with E-state index < -0.39 is 0 Å². The Labute approximate surface area is 80.9 Å². The second-order valence-electron chi connectivity index (χ2n) is 4.01. The van der Waals surface area contributed by atoms with Crippen LogP contribution in [0.2, 0.25) is 0 Å². The predicted octanol–water partition coefficient (Wildman–Crippen LogP) is 0.428. The van der Waals surface area contributed by atoms with Crippen molar-refractivity contribution in [3.05, 3.63) is 0 Å². The zero-order valence-corrected chi connectivity index (χ0v) is 8.58. The standard InChI is InChI=1S/C10H22N2O/c1-2-3-5-12-6-4-9(7-11)10(13)8-12/h9-10,13H,2-8,11H2,1H3/t9-,10+/m1/s1. The summed E-state index contributed by atoms with van der Waals surface area (Å²) < 4.78 is 0. The van der Waals surface area contributed by atoms with Gasteiger partial charge in [0.1, 0.15) is 0 Å². The molecule has 13 heavy (non-hydrogen) atoms. The Morgan fingerprint density at radius 3 is 2.85 bits per heavy atom. The van der Waals surface area contributed by atoms with Crippen molar-refractivity contribution in [2.45, 2.75) is 32.3 Å². The Kier molecular flexibility index (Phi) is 4.70. The summed E-state index contributed by atoms with van der Waals surface area (Å²) in [5, 5.41) is 9.72. The fourth-order valence-corrected chi connectivity index (χ4v) is 1.91. The molecule has 3 N–H and O–H groups in total. The van der Waals surface area contributed by atoms with Crippen molar-refractivity contribution in [1.82, 2.24) is 4.90 Å². The Bertz CT molecular complexity index is 141. The molecule has 0 aromatic heterocycles. The Morgan fingerprint density at radius 1 is 1.54 bits per heavy atom. The highest BCUT2D eigenvalue weighted by molar-refractivity contribution is 4.80. The van der Waals surface area contributed by atoms with Gasteiger partial charge >= 0.3 is 0 Å². The number of unbranched alkanes of at least 4 members (excludes halogenated alkanes) is 1. The van der Waals surface area contributed by atoms with Gasteiger partial charge in [0.05, 0.1) is 6.10 Å². The van der Waals surface area contributed by atoms with E-state index in [1.165, 1.54) is 12.8 Å². The second kappa shape index (κ2) is 5.58. The summed E-state index contributed by atoms with van der Waals surface area (Å²) in [5.74, 6) is 0.331. The molecule has 1 rings (SSSR count). The van der Waals surface area contributed by atoms with Crippen LogP contribution in [0.5, 0.6) is 0 Å². The number of aliphatic hydroxyl groups is 1. The molecule has 1 aliphatic heterocycles. The third kappa shape index (κ3) is 3.25. The molecule has 0 aliphatic carbocycles. The number of likely N-dealkylation sites (tertiary alicyclic amines) is 1. The summed E-state index contributed by atoms with van der Waals surface area (Å²) in [6.07, 6.45) is 3.32. The average Bonchev–Trinajstić information content (AvgIpc) is 2.15. The fraction of sp³-hybridized carbons (Fsp3) is 1.00. The van der Waals surface area contributed by atoms with Gasteiger partial charge in [0.2, 0.25) is 0 Å². The van der Waals surface area contributed by atoms with Crippen LogP contribution >= 0.6 is 0 Å². The topological polar surface area (TPSA) is 49.5 Å². The SMILES string of the molecule is CCCCN1CC[C@H](CN)[C@@H](O)C1. The molecule has 78 valence electrons. The van der Waals surface area contributed by atoms with Crippen LogP contribution in [0.15, 0.2) is 0 Å². The largest absolute Gasteiger partial charge is 0.391 e. The van der Waals surface area contributed by atoms with Gasteiger partial charge in [-0.3, -0.25) is 0 Å². The molecule has 0 aromatic carbocycles. The van der Waals surface area contributed by atoms with Crippen LogP contribution in [0, 0.1) is 5.92 Å². The van der Waals surface area contributed by atoms with Crippen molar-refractivity contribution in [3.63, 3.8) is 0 Å². The first-order chi connectivity index (χ1) is 6.27. The predicted molar refractivity (Wildman–Crippen MR) is 54.5 cm³/mol. The van der Waals surface area contributed by atoms with Gasteiger partial charge in [-0.25, -0.2) is 0 Å². The number of hydrogen-bond donors (Lipinski definition) is 2. The summed E-state index contributed by atoms with van der Waals surface area (Å²) in [4.78, 5) is 2.35. The molecule has 0 bridgehead atoms. The van der Waals surface area contributed by atoms with Crippen LogP contribution in [0.25, 0.3) is 0 Å². The quantitative estimate of drug-likeness (QED) is 0.669. The number of β-amino-alcohol motifs (C(OH)–C–C–N with tert-alkyl or cyclic N) is 1. The van der Waals surface area contributed by atoms with Gasteiger partial charge in [-0.15, -0.1) is 0 Å². The third-order valence-electron chi connectivity index (χ3n) is 2.94. The lowest BCUT2D eigenvalue weighted by molar-refractivity contribution is 0.0250. The maximum Gasteiger partial charge on any atom is 0.0707 e. The molecule has 0 radical (unpaired) electrons. The minimum atomic E-state index is -0.199. The molecule has 1 aliphatic rings. The molecule has 0 spiro atoms. The molecule has 1 fully saturated rings. The van der Waals surface area contributed by atoms with E-state index in [4.69, 9.17) is 5.73 Å². The van der Waals surface area contributed by atoms with Crippen LogP contribution < -0.4 is 5.73 Å². The first-order valence-corrected chi connectivity index (χ1v) is 5.38. The smallest absolute Gasteiger partial charge is 0.0707 e. The number of piperidine rings is 1. The highest BCUT2D eigenvalue weighted by Crippen LogP contribution is 2.16. The minimum absolute atomic E-state index is 0.199. The van der Waals surface area contributed by atoms with Gasteiger partial charge < -0.3 is 15.7 Å². The number of nitrogens with zero attached hydrogens (tertiary/aromatic N) is 1. The number of nitrogens with two attached hydrogens (primary N) is 1. The summed E-state index contributed by atoms with van der Waals surface area (Å²) in [6, 6.07) is 0. The van der Waals surface area contributed by atoms with Crippen LogP contribution in [0.4, 0.5) is 0 Å². The molecular weight excluding hydrogens is 164 g/mol. The van der Waals surface area contributed by atoms with Crippen LogP contribution in [0.3, 0.4) is 0 Å². The highest BCUT2D eigenvalue weighted by Gasteiger charge is 2.25. The summed E-state index contributed by atoms with van der Waals surface area (Å²) in [5.41, 5.74) is 5.56. The van der Waals surface area contributed by atoms with E-state index in [0.29, 0.717) is 12.5 Å². The molecule has 1 heterocycles. The van der Waals surface area contributed by atoms with E-state index in [1.54, 1.807) is 0 Å². The maximum absolute atomic E-state index is 9.72. The average molecular weight is 186 g/mol. The Morgan fingerprint density at radius 2 is 2.31 bits per heavy atom. The first-order valence-electron chi connectivity index (χ1n) is 5.38. The van der Waals surface area contributed by atoms with E-state index in [0.717, 1.165) is 26.1 Å². The van der Waals surface area contributed by atoms with Crippen molar-refractivity contribution < 1.29 is 5.11 Å². The Balaban J connectivity index is 2.24. The van der Waals surface area contributed by atoms with Gasteiger partial charge in [-0.2, -0.15) is 0 Å². The molecule has 3 nitrogen and oxygen atoms in total. The van der Waals surface area contributed by atoms with Crippen LogP contribution in [-0.2, 0) is 0 Å². The van der Waals surface area contributed by atoms with Crippen molar-refractivity contribution in [2.24, 2.45) is 11.7 Å². The lowest BCUT2D eigenvalue weighted by Gasteiger charge is -2.35. The van der Waals surface area contributed by atoms with E-state index in [1.807, 2.05) is 0 Å². The first kappa shape index (κ1) is 11.0. The van der Waals surface area contributed by atoms with E-state index in [9.17, 15) is 5.11 Å². The van der Waals surface area contributed by atoms with Gasteiger partial charge in [0, 0.05) is 6.54 Å². The minimum Gasteiger partial charge on any atom is -0.391 e. The summed E-state index contributed by atoms with van der Waals surface area (Å²) in [6.45, 7) is 5.89. The van der Waals surface area contributed by atoms with E-state index in [-0.39, 0.29) is 6.10 Å². The number of aliphatic hydroxyl groups excluding tert-OH is 1. The number of hydrogen-bond acceptors (Lipinski definition) is 3. The normalized spacial score (nSPS) is 30.7. The third-order valence-corrected chi connectivity index (χ3v) is 2.94. The molecule has 2 atom stereocenters. The summed E-state index contributed by atoms with van der Waals surface area (Å²) >= 11 is 0. The van der Waals surface area contributed by atoms with Crippen molar-refractivity contribution in [3.8, 4) is 0 Å². The molecule has 3 heteroatoms. The van der Waals surface area contributed by atoms with Crippen LogP contribution in [-0.4, -0.2) is 42.3 Å². The van der Waals surface area contributed by atoms with E-state index in [2.05, 4.69) is 11.8 Å². The highest BCUT2D eigenvalue weighted by atomic mass is 16.3. The van der Waals surface area contributed by atoms with Crippen molar-refractivity contribution in [1.29, 1.82) is 0 Å². The molecular formula is C10H22N2O. The second-order valence-corrected chi connectivity index (χ2v) is 4.01. The molecule has 1 saturated heterocycles. The lowest BCUT2D eigenvalue weighted by Crippen LogP contribution is -2.46.